The second kappa shape index (κ2) is 11.9. The molecule has 2 N–H and O–H groups in total. The van der Waals surface area contributed by atoms with Crippen LogP contribution in [0.15, 0.2) is 65.8 Å². The van der Waals surface area contributed by atoms with Crippen molar-refractivity contribution in [3.63, 3.8) is 0 Å². The van der Waals surface area contributed by atoms with Crippen LogP contribution in [0, 0.1) is 0 Å². The average molecular weight is 503 g/mol. The van der Waals surface area contributed by atoms with E-state index >= 15 is 0 Å². The van der Waals surface area contributed by atoms with Crippen LogP contribution >= 0.6 is 23.2 Å². The van der Waals surface area contributed by atoms with E-state index in [-0.39, 0.29) is 18.8 Å². The molecule has 34 heavy (non-hydrogen) atoms. The first kappa shape index (κ1) is 24.9. The quantitative estimate of drug-likeness (QED) is 0.304. The molecule has 0 atom stereocenters. The van der Waals surface area contributed by atoms with Gasteiger partial charge in [-0.3, -0.25) is 4.79 Å². The summed E-state index contributed by atoms with van der Waals surface area (Å²) in [5, 5.41) is 13.8. The van der Waals surface area contributed by atoms with Crippen molar-refractivity contribution in [1.29, 1.82) is 0 Å². The van der Waals surface area contributed by atoms with Crippen LogP contribution in [0.25, 0.3) is 0 Å². The number of ether oxygens (including phenoxy) is 3. The fourth-order valence-corrected chi connectivity index (χ4v) is 3.25. The Kier molecular flexibility index (Phi) is 8.73. The topological polar surface area (TPSA) is 106 Å². The lowest BCUT2D eigenvalue weighted by molar-refractivity contribution is -0.123. The summed E-state index contributed by atoms with van der Waals surface area (Å²) in [6.45, 7) is -0.115. The first-order valence-electron chi connectivity index (χ1n) is 9.88. The van der Waals surface area contributed by atoms with Gasteiger partial charge in [0.1, 0.15) is 12.4 Å². The number of carbonyl (C=O) groups is 2. The van der Waals surface area contributed by atoms with Gasteiger partial charge in [-0.25, -0.2) is 10.2 Å². The molecule has 3 aromatic carbocycles. The summed E-state index contributed by atoms with van der Waals surface area (Å²) in [4.78, 5) is 23.1. The van der Waals surface area contributed by atoms with Gasteiger partial charge in [0, 0.05) is 5.02 Å². The van der Waals surface area contributed by atoms with Gasteiger partial charge >= 0.3 is 5.97 Å². The lowest BCUT2D eigenvalue weighted by Crippen LogP contribution is -2.24. The SMILES string of the molecule is COc1cc(C=NNC(=O)COc2ccc(Cl)cc2Cl)ccc1OCc1cccc(C(=O)O)c1. The molecule has 10 heteroatoms. The molecule has 0 saturated carbocycles. The molecular weight excluding hydrogens is 483 g/mol. The number of rotatable bonds is 10. The lowest BCUT2D eigenvalue weighted by Gasteiger charge is -2.11. The number of amides is 1. The predicted octanol–water partition coefficient (Wildman–Crippen LogP) is 4.81. The number of carboxylic acid groups (broad SMARTS) is 1. The number of methoxy groups -OCH3 is 1. The van der Waals surface area contributed by atoms with Crippen molar-refractivity contribution >= 4 is 41.3 Å². The molecule has 0 saturated heterocycles. The van der Waals surface area contributed by atoms with Crippen molar-refractivity contribution in [2.75, 3.05) is 13.7 Å². The predicted molar refractivity (Wildman–Crippen MR) is 128 cm³/mol. The highest BCUT2D eigenvalue weighted by molar-refractivity contribution is 6.35. The van der Waals surface area contributed by atoms with Gasteiger partial charge in [-0.2, -0.15) is 5.10 Å². The van der Waals surface area contributed by atoms with Gasteiger partial charge in [-0.1, -0.05) is 35.3 Å². The van der Waals surface area contributed by atoms with Gasteiger partial charge in [0.2, 0.25) is 0 Å². The maximum absolute atomic E-state index is 11.9. The Morgan fingerprint density at radius 2 is 1.79 bits per heavy atom. The molecule has 0 aliphatic carbocycles. The second-order valence-corrected chi connectivity index (χ2v) is 7.70. The minimum Gasteiger partial charge on any atom is -0.493 e. The largest absolute Gasteiger partial charge is 0.493 e. The molecule has 1 amide bonds. The van der Waals surface area contributed by atoms with Crippen LogP contribution in [0.3, 0.4) is 0 Å². The minimum atomic E-state index is -1.00. The van der Waals surface area contributed by atoms with Gasteiger partial charge in [-0.15, -0.1) is 0 Å². The summed E-state index contributed by atoms with van der Waals surface area (Å²) in [6, 6.07) is 16.3. The number of nitrogens with one attached hydrogen (secondary N) is 1. The van der Waals surface area contributed by atoms with Crippen molar-refractivity contribution in [2.45, 2.75) is 6.61 Å². The number of carbonyl (C=O) groups excluding carboxylic acids is 1. The van der Waals surface area contributed by atoms with Crippen molar-refractivity contribution in [3.05, 3.63) is 87.4 Å². The van der Waals surface area contributed by atoms with Gasteiger partial charge < -0.3 is 19.3 Å². The number of carboxylic acids is 1. The molecule has 3 rings (SSSR count). The zero-order valence-corrected chi connectivity index (χ0v) is 19.5. The molecular formula is C24H20Cl2N2O6. The molecule has 0 aliphatic heterocycles. The van der Waals surface area contributed by atoms with Crippen LogP contribution in [0.1, 0.15) is 21.5 Å². The molecule has 0 spiro atoms. The zero-order chi connectivity index (χ0) is 24.5. The minimum absolute atomic E-state index is 0.165. The first-order chi connectivity index (χ1) is 16.4. The van der Waals surface area contributed by atoms with Crippen molar-refractivity contribution in [1.82, 2.24) is 5.43 Å². The van der Waals surface area contributed by atoms with Crippen LogP contribution in [0.5, 0.6) is 17.2 Å². The average Bonchev–Trinajstić information content (AvgIpc) is 2.82. The summed E-state index contributed by atoms with van der Waals surface area (Å²) in [7, 11) is 1.50. The first-order valence-corrected chi connectivity index (χ1v) is 10.6. The fraction of sp³-hybridized carbons (Fsp3) is 0.125. The Hall–Kier alpha value is -3.75. The molecule has 0 bridgehead atoms. The molecule has 0 unspecified atom stereocenters. The number of hydrogen-bond donors (Lipinski definition) is 2. The van der Waals surface area contributed by atoms with Crippen LogP contribution in [-0.4, -0.2) is 36.9 Å². The van der Waals surface area contributed by atoms with E-state index in [9.17, 15) is 9.59 Å². The third-order valence-corrected chi connectivity index (χ3v) is 4.94. The molecule has 176 valence electrons. The van der Waals surface area contributed by atoms with Crippen molar-refractivity contribution in [2.24, 2.45) is 5.10 Å². The number of halogens is 2. The van der Waals surface area contributed by atoms with E-state index in [1.807, 2.05) is 0 Å². The summed E-state index contributed by atoms with van der Waals surface area (Å²) in [5.41, 5.74) is 3.90. The third kappa shape index (κ3) is 7.13. The van der Waals surface area contributed by atoms with E-state index in [0.29, 0.717) is 38.4 Å². The normalized spacial score (nSPS) is 10.7. The highest BCUT2D eigenvalue weighted by Gasteiger charge is 2.09. The van der Waals surface area contributed by atoms with Gasteiger partial charge in [0.05, 0.1) is 23.9 Å². The third-order valence-electron chi connectivity index (χ3n) is 4.41. The Morgan fingerprint density at radius 1 is 1.00 bits per heavy atom. The zero-order valence-electron chi connectivity index (χ0n) is 18.0. The van der Waals surface area contributed by atoms with E-state index in [2.05, 4.69) is 10.5 Å². The van der Waals surface area contributed by atoms with Gasteiger partial charge in [0.15, 0.2) is 18.1 Å². The van der Waals surface area contributed by atoms with E-state index < -0.39 is 11.9 Å². The number of aromatic carboxylic acids is 1. The molecule has 0 aliphatic rings. The van der Waals surface area contributed by atoms with Crippen molar-refractivity contribution in [3.8, 4) is 17.2 Å². The monoisotopic (exact) mass is 502 g/mol. The van der Waals surface area contributed by atoms with E-state index in [4.69, 9.17) is 42.5 Å². The lowest BCUT2D eigenvalue weighted by atomic mass is 10.1. The Balaban J connectivity index is 1.54. The highest BCUT2D eigenvalue weighted by Crippen LogP contribution is 2.29. The molecule has 0 heterocycles. The summed E-state index contributed by atoms with van der Waals surface area (Å²) in [6.07, 6.45) is 1.44. The van der Waals surface area contributed by atoms with Gasteiger partial charge in [0.25, 0.3) is 5.91 Å². The van der Waals surface area contributed by atoms with Crippen LogP contribution in [0.2, 0.25) is 10.0 Å². The standard InChI is InChI=1S/C24H20Cl2N2O6/c1-32-22-10-15(5-7-21(22)33-13-16-3-2-4-17(9-16)24(30)31)12-27-28-23(29)14-34-20-8-6-18(25)11-19(20)26/h2-12H,13-14H2,1H3,(H,28,29)(H,30,31). The molecule has 0 radical (unpaired) electrons. The molecule has 8 nitrogen and oxygen atoms in total. The number of benzene rings is 3. The molecule has 3 aromatic rings. The highest BCUT2D eigenvalue weighted by atomic mass is 35.5. The van der Waals surface area contributed by atoms with Gasteiger partial charge in [-0.05, 0) is 59.7 Å². The Bertz CT molecular complexity index is 1220. The summed E-state index contributed by atoms with van der Waals surface area (Å²) < 4.78 is 16.5. The summed E-state index contributed by atoms with van der Waals surface area (Å²) >= 11 is 11.8. The second-order valence-electron chi connectivity index (χ2n) is 6.86. The maximum atomic E-state index is 11.9. The fourth-order valence-electron chi connectivity index (χ4n) is 2.79. The molecule has 0 fully saturated rings. The Morgan fingerprint density at radius 3 is 2.53 bits per heavy atom. The van der Waals surface area contributed by atoms with E-state index in [0.717, 1.165) is 0 Å². The summed E-state index contributed by atoms with van der Waals surface area (Å²) in [5.74, 6) is -0.225. The number of nitrogens with zero attached hydrogens (tertiary/aromatic N) is 1. The van der Waals surface area contributed by atoms with E-state index in [1.54, 1.807) is 48.5 Å². The van der Waals surface area contributed by atoms with Crippen LogP contribution in [-0.2, 0) is 11.4 Å². The van der Waals surface area contributed by atoms with Crippen LogP contribution < -0.4 is 19.6 Å². The number of hydrazone groups is 1. The Labute approximate surface area is 205 Å². The van der Waals surface area contributed by atoms with E-state index in [1.165, 1.54) is 25.5 Å². The van der Waals surface area contributed by atoms with Crippen molar-refractivity contribution < 1.29 is 28.9 Å². The molecule has 0 aromatic heterocycles. The van der Waals surface area contributed by atoms with Crippen LogP contribution in [0.4, 0.5) is 0 Å². The number of hydrogen-bond acceptors (Lipinski definition) is 6. The maximum Gasteiger partial charge on any atom is 0.335 e. The smallest absolute Gasteiger partial charge is 0.335 e.